The topological polar surface area (TPSA) is 72.7 Å². The first kappa shape index (κ1) is 17.0. The molecule has 0 unspecified atom stereocenters. The number of rotatable bonds is 6. The third-order valence-corrected chi connectivity index (χ3v) is 5.58. The van der Waals surface area contributed by atoms with Crippen molar-refractivity contribution >= 4 is 17.7 Å². The number of aryl methyl sites for hydroxylation is 2. The Kier molecular flexibility index (Phi) is 5.85. The molecule has 7 heteroatoms. The fraction of sp³-hybridized carbons (Fsp3) is 0.529. The van der Waals surface area contributed by atoms with Gasteiger partial charge in [-0.25, -0.2) is 15.0 Å². The molecule has 0 aliphatic heterocycles. The first-order valence-electron chi connectivity index (χ1n) is 8.41. The molecule has 0 bridgehead atoms. The van der Waals surface area contributed by atoms with E-state index >= 15 is 0 Å². The van der Waals surface area contributed by atoms with Gasteiger partial charge in [0.2, 0.25) is 5.91 Å². The number of carbonyl (C=O) groups is 1. The minimum absolute atomic E-state index is 0.130. The summed E-state index contributed by atoms with van der Waals surface area (Å²) in [7, 11) is 0. The Hall–Kier alpha value is -1.89. The minimum atomic E-state index is 0.130. The highest BCUT2D eigenvalue weighted by Crippen LogP contribution is 2.31. The average Bonchev–Trinajstić information content (AvgIpc) is 3.01. The van der Waals surface area contributed by atoms with E-state index in [-0.39, 0.29) is 5.91 Å². The minimum Gasteiger partial charge on any atom is -0.353 e. The van der Waals surface area contributed by atoms with E-state index in [1.807, 2.05) is 23.8 Å². The highest BCUT2D eigenvalue weighted by Gasteiger charge is 2.23. The Morgan fingerprint density at radius 1 is 1.21 bits per heavy atom. The van der Waals surface area contributed by atoms with E-state index in [1.165, 1.54) is 0 Å². The number of nitrogens with one attached hydrogen (secondary N) is 1. The van der Waals surface area contributed by atoms with E-state index in [0.717, 1.165) is 36.7 Å². The van der Waals surface area contributed by atoms with Gasteiger partial charge in [0, 0.05) is 49.0 Å². The van der Waals surface area contributed by atoms with Crippen LogP contribution in [0.15, 0.2) is 36.0 Å². The molecular formula is C17H23N5OS. The normalized spacial score (nSPS) is 20.7. The summed E-state index contributed by atoms with van der Waals surface area (Å²) >= 11 is 1.75. The van der Waals surface area contributed by atoms with Gasteiger partial charge in [-0.2, -0.15) is 0 Å². The molecule has 0 saturated heterocycles. The van der Waals surface area contributed by atoms with Crippen LogP contribution in [0.5, 0.6) is 0 Å². The van der Waals surface area contributed by atoms with Crippen molar-refractivity contribution in [3.63, 3.8) is 0 Å². The van der Waals surface area contributed by atoms with Crippen molar-refractivity contribution in [3.05, 3.63) is 36.7 Å². The molecule has 0 spiro atoms. The van der Waals surface area contributed by atoms with Crippen LogP contribution >= 0.6 is 11.8 Å². The van der Waals surface area contributed by atoms with Gasteiger partial charge in [0.25, 0.3) is 0 Å². The summed E-state index contributed by atoms with van der Waals surface area (Å²) in [5.74, 6) is 1.08. The highest BCUT2D eigenvalue weighted by atomic mass is 32.2. The average molecular weight is 345 g/mol. The summed E-state index contributed by atoms with van der Waals surface area (Å²) in [6.45, 7) is 2.64. The van der Waals surface area contributed by atoms with Crippen LogP contribution in [0.3, 0.4) is 0 Å². The van der Waals surface area contributed by atoms with Crippen molar-refractivity contribution in [3.8, 4) is 0 Å². The van der Waals surface area contributed by atoms with E-state index in [1.54, 1.807) is 30.4 Å². The molecule has 1 fully saturated rings. The monoisotopic (exact) mass is 345 g/mol. The van der Waals surface area contributed by atoms with E-state index in [9.17, 15) is 4.79 Å². The molecule has 2 heterocycles. The molecule has 1 aliphatic rings. The third-order valence-electron chi connectivity index (χ3n) is 4.36. The molecular weight excluding hydrogens is 322 g/mol. The lowest BCUT2D eigenvalue weighted by Crippen LogP contribution is -2.38. The van der Waals surface area contributed by atoms with Crippen LogP contribution in [0.4, 0.5) is 0 Å². The predicted molar refractivity (Wildman–Crippen MR) is 93.7 cm³/mol. The number of thioether (sulfide) groups is 1. The van der Waals surface area contributed by atoms with Crippen molar-refractivity contribution < 1.29 is 4.79 Å². The van der Waals surface area contributed by atoms with E-state index in [4.69, 9.17) is 0 Å². The van der Waals surface area contributed by atoms with Crippen LogP contribution in [0, 0.1) is 6.92 Å². The van der Waals surface area contributed by atoms with Crippen LogP contribution in [-0.4, -0.2) is 36.7 Å². The largest absolute Gasteiger partial charge is 0.353 e. The second-order valence-corrected chi connectivity index (χ2v) is 7.38. The number of amides is 1. The second-order valence-electron chi connectivity index (χ2n) is 6.11. The van der Waals surface area contributed by atoms with Gasteiger partial charge in [0.15, 0.2) is 5.16 Å². The molecule has 0 atom stereocenters. The summed E-state index contributed by atoms with van der Waals surface area (Å²) in [6.07, 6.45) is 12.0. The first-order valence-corrected chi connectivity index (χ1v) is 9.29. The zero-order valence-electron chi connectivity index (χ0n) is 13.9. The van der Waals surface area contributed by atoms with E-state index in [2.05, 4.69) is 20.3 Å². The fourth-order valence-corrected chi connectivity index (χ4v) is 4.03. The molecule has 1 N–H and O–H groups in total. The van der Waals surface area contributed by atoms with Gasteiger partial charge in [0.1, 0.15) is 5.82 Å². The molecule has 1 saturated carbocycles. The van der Waals surface area contributed by atoms with Crippen molar-refractivity contribution in [1.82, 2.24) is 24.8 Å². The van der Waals surface area contributed by atoms with Crippen LogP contribution in [0.25, 0.3) is 0 Å². The van der Waals surface area contributed by atoms with Gasteiger partial charge in [-0.05, 0) is 38.7 Å². The molecule has 2 aromatic heterocycles. The molecule has 3 rings (SSSR count). The predicted octanol–water partition coefficient (Wildman–Crippen LogP) is 2.59. The highest BCUT2D eigenvalue weighted by molar-refractivity contribution is 7.99. The molecule has 0 radical (unpaired) electrons. The summed E-state index contributed by atoms with van der Waals surface area (Å²) in [5, 5.41) is 4.57. The van der Waals surface area contributed by atoms with Gasteiger partial charge in [0.05, 0.1) is 0 Å². The maximum Gasteiger partial charge on any atom is 0.222 e. The molecule has 6 nitrogen and oxygen atoms in total. The number of hydrogen-bond donors (Lipinski definition) is 1. The number of nitrogens with zero attached hydrogens (tertiary/aromatic N) is 4. The van der Waals surface area contributed by atoms with E-state index in [0.29, 0.717) is 24.3 Å². The summed E-state index contributed by atoms with van der Waals surface area (Å²) in [6, 6.07) is 2.14. The van der Waals surface area contributed by atoms with Gasteiger partial charge < -0.3 is 9.88 Å². The van der Waals surface area contributed by atoms with Crippen molar-refractivity contribution in [2.45, 2.75) is 62.0 Å². The third kappa shape index (κ3) is 4.80. The summed E-state index contributed by atoms with van der Waals surface area (Å²) < 4.78 is 2.01. The lowest BCUT2D eigenvalue weighted by Gasteiger charge is -2.28. The van der Waals surface area contributed by atoms with Crippen LogP contribution < -0.4 is 5.32 Å². The standard InChI is InChI=1S/C17H23N5OS/c1-13-18-10-12-22(13)11-7-16(23)21-14-3-5-15(6-4-14)24-17-19-8-2-9-20-17/h2,8-10,12,14-15H,3-7,11H2,1H3,(H,21,23). The quantitative estimate of drug-likeness (QED) is 0.815. The zero-order valence-corrected chi connectivity index (χ0v) is 14.7. The number of imidazole rings is 1. The zero-order chi connectivity index (χ0) is 16.8. The Labute approximate surface area is 146 Å². The Morgan fingerprint density at radius 2 is 1.96 bits per heavy atom. The Bertz CT molecular complexity index is 652. The second kappa shape index (κ2) is 8.28. The smallest absolute Gasteiger partial charge is 0.222 e. The maximum absolute atomic E-state index is 12.1. The number of carbonyl (C=O) groups excluding carboxylic acids is 1. The van der Waals surface area contributed by atoms with Crippen molar-refractivity contribution in [1.29, 1.82) is 0 Å². The first-order chi connectivity index (χ1) is 11.7. The number of aromatic nitrogens is 4. The molecule has 1 aliphatic carbocycles. The summed E-state index contributed by atoms with van der Waals surface area (Å²) in [4.78, 5) is 24.8. The van der Waals surface area contributed by atoms with Gasteiger partial charge >= 0.3 is 0 Å². The van der Waals surface area contributed by atoms with Crippen LogP contribution in [0.2, 0.25) is 0 Å². The Balaban J connectivity index is 1.37. The molecule has 24 heavy (non-hydrogen) atoms. The van der Waals surface area contributed by atoms with Gasteiger partial charge in [-0.3, -0.25) is 4.79 Å². The van der Waals surface area contributed by atoms with E-state index < -0.39 is 0 Å². The SMILES string of the molecule is Cc1nccn1CCC(=O)NC1CCC(Sc2ncccn2)CC1. The fourth-order valence-electron chi connectivity index (χ4n) is 2.98. The Morgan fingerprint density at radius 3 is 2.62 bits per heavy atom. The lowest BCUT2D eigenvalue weighted by molar-refractivity contribution is -0.122. The number of hydrogen-bond acceptors (Lipinski definition) is 5. The molecule has 128 valence electrons. The molecule has 0 aromatic carbocycles. The summed E-state index contributed by atoms with van der Waals surface area (Å²) in [5.41, 5.74) is 0. The van der Waals surface area contributed by atoms with Gasteiger partial charge in [-0.15, -0.1) is 0 Å². The molecule has 1 amide bonds. The van der Waals surface area contributed by atoms with Crippen LogP contribution in [0.1, 0.15) is 37.9 Å². The molecule has 2 aromatic rings. The van der Waals surface area contributed by atoms with Crippen molar-refractivity contribution in [2.75, 3.05) is 0 Å². The van der Waals surface area contributed by atoms with Crippen molar-refractivity contribution in [2.24, 2.45) is 0 Å². The van der Waals surface area contributed by atoms with Crippen LogP contribution in [-0.2, 0) is 11.3 Å². The maximum atomic E-state index is 12.1. The lowest BCUT2D eigenvalue weighted by atomic mass is 9.95. The van der Waals surface area contributed by atoms with Gasteiger partial charge in [-0.1, -0.05) is 11.8 Å².